The molecule has 0 unspecified atom stereocenters. The number of carbonyl (C=O) groups excluding carboxylic acids is 1. The molecule has 0 aromatic heterocycles. The number of halogens is 1. The zero-order valence-corrected chi connectivity index (χ0v) is 15.6. The SMILES string of the molecule is C/C=C\C=C(/C)c1ccc(N)c(NC(=O)c2ccc(C(C)(C)F)cc2)c1. The molecule has 0 bridgehead atoms. The third-order valence-electron chi connectivity index (χ3n) is 4.13. The van der Waals surface area contributed by atoms with Gasteiger partial charge in [0.2, 0.25) is 0 Å². The fourth-order valence-electron chi connectivity index (χ4n) is 2.46. The Balaban J connectivity index is 2.23. The number of nitrogen functional groups attached to an aromatic ring is 1. The molecular weight excluding hydrogens is 327 g/mol. The van der Waals surface area contributed by atoms with Gasteiger partial charge in [-0.15, -0.1) is 0 Å². The van der Waals surface area contributed by atoms with E-state index in [1.165, 1.54) is 13.8 Å². The predicted molar refractivity (Wildman–Crippen MR) is 108 cm³/mol. The normalized spacial score (nSPS) is 12.4. The molecule has 2 aromatic carbocycles. The van der Waals surface area contributed by atoms with Crippen LogP contribution in [0.5, 0.6) is 0 Å². The van der Waals surface area contributed by atoms with E-state index < -0.39 is 5.67 Å². The number of alkyl halides is 1. The Kier molecular flexibility index (Phi) is 5.98. The van der Waals surface area contributed by atoms with Crippen LogP contribution >= 0.6 is 0 Å². The molecule has 3 N–H and O–H groups in total. The number of amides is 1. The van der Waals surface area contributed by atoms with E-state index in [4.69, 9.17) is 5.73 Å². The first-order chi connectivity index (χ1) is 12.2. The summed E-state index contributed by atoms with van der Waals surface area (Å²) in [6, 6.07) is 12.0. The van der Waals surface area contributed by atoms with Crippen molar-refractivity contribution in [2.45, 2.75) is 33.4 Å². The van der Waals surface area contributed by atoms with Crippen LogP contribution in [-0.2, 0) is 5.67 Å². The van der Waals surface area contributed by atoms with Crippen LogP contribution in [0, 0.1) is 0 Å². The fourth-order valence-corrected chi connectivity index (χ4v) is 2.46. The van der Waals surface area contributed by atoms with Crippen molar-refractivity contribution in [2.75, 3.05) is 11.1 Å². The van der Waals surface area contributed by atoms with Gasteiger partial charge in [-0.1, -0.05) is 36.4 Å². The van der Waals surface area contributed by atoms with Gasteiger partial charge in [0.25, 0.3) is 5.91 Å². The van der Waals surface area contributed by atoms with Gasteiger partial charge in [-0.2, -0.15) is 0 Å². The summed E-state index contributed by atoms with van der Waals surface area (Å²) in [5.41, 5.74) is 8.61. The van der Waals surface area contributed by atoms with Crippen LogP contribution in [0.3, 0.4) is 0 Å². The van der Waals surface area contributed by atoms with Crippen LogP contribution < -0.4 is 11.1 Å². The van der Waals surface area contributed by atoms with E-state index in [9.17, 15) is 9.18 Å². The lowest BCUT2D eigenvalue weighted by molar-refractivity contribution is 0.102. The topological polar surface area (TPSA) is 55.1 Å². The van der Waals surface area contributed by atoms with Crippen molar-refractivity contribution in [3.05, 3.63) is 77.4 Å². The summed E-state index contributed by atoms with van der Waals surface area (Å²) in [5, 5.41) is 2.83. The molecule has 0 saturated heterocycles. The van der Waals surface area contributed by atoms with Gasteiger partial charge in [-0.25, -0.2) is 4.39 Å². The van der Waals surface area contributed by atoms with Gasteiger partial charge in [-0.3, -0.25) is 4.79 Å². The second-order valence-corrected chi connectivity index (χ2v) is 6.68. The van der Waals surface area contributed by atoms with E-state index in [2.05, 4.69) is 5.32 Å². The highest BCUT2D eigenvalue weighted by Gasteiger charge is 2.19. The molecule has 4 heteroatoms. The van der Waals surface area contributed by atoms with Crippen molar-refractivity contribution in [1.82, 2.24) is 0 Å². The molecule has 2 rings (SSSR count). The van der Waals surface area contributed by atoms with Crippen LogP contribution in [0.2, 0.25) is 0 Å². The van der Waals surface area contributed by atoms with E-state index in [1.54, 1.807) is 30.3 Å². The highest BCUT2D eigenvalue weighted by Crippen LogP contribution is 2.26. The molecule has 0 saturated carbocycles. The smallest absolute Gasteiger partial charge is 0.255 e. The third-order valence-corrected chi connectivity index (χ3v) is 4.13. The van der Waals surface area contributed by atoms with Crippen molar-refractivity contribution in [3.63, 3.8) is 0 Å². The molecule has 0 spiro atoms. The van der Waals surface area contributed by atoms with Gasteiger partial charge >= 0.3 is 0 Å². The molecule has 3 nitrogen and oxygen atoms in total. The van der Waals surface area contributed by atoms with Crippen molar-refractivity contribution in [3.8, 4) is 0 Å². The molecule has 0 aliphatic rings. The average Bonchev–Trinajstić information content (AvgIpc) is 2.60. The Bertz CT molecular complexity index is 843. The number of rotatable bonds is 5. The number of anilines is 2. The summed E-state index contributed by atoms with van der Waals surface area (Å²) >= 11 is 0. The molecule has 0 aliphatic carbocycles. The molecule has 26 heavy (non-hydrogen) atoms. The van der Waals surface area contributed by atoms with Crippen LogP contribution in [-0.4, -0.2) is 5.91 Å². The first-order valence-corrected chi connectivity index (χ1v) is 8.52. The van der Waals surface area contributed by atoms with Gasteiger partial charge in [0.1, 0.15) is 5.67 Å². The van der Waals surface area contributed by atoms with Crippen LogP contribution in [0.15, 0.2) is 60.7 Å². The number of allylic oxidation sites excluding steroid dienone is 4. The number of carbonyl (C=O) groups is 1. The fraction of sp³-hybridized carbons (Fsp3) is 0.227. The van der Waals surface area contributed by atoms with Crippen LogP contribution in [0.4, 0.5) is 15.8 Å². The van der Waals surface area contributed by atoms with E-state index in [-0.39, 0.29) is 5.91 Å². The quantitative estimate of drug-likeness (QED) is 0.535. The summed E-state index contributed by atoms with van der Waals surface area (Å²) in [4.78, 5) is 12.5. The number of benzene rings is 2. The summed E-state index contributed by atoms with van der Waals surface area (Å²) in [5.74, 6) is -0.285. The zero-order valence-electron chi connectivity index (χ0n) is 15.6. The summed E-state index contributed by atoms with van der Waals surface area (Å²) in [7, 11) is 0. The molecule has 0 aliphatic heterocycles. The summed E-state index contributed by atoms with van der Waals surface area (Å²) < 4.78 is 13.9. The molecule has 0 fully saturated rings. The number of hydrogen-bond donors (Lipinski definition) is 2. The van der Waals surface area contributed by atoms with Gasteiger partial charge in [0.15, 0.2) is 0 Å². The third kappa shape index (κ3) is 4.82. The Morgan fingerprint density at radius 2 is 1.73 bits per heavy atom. The lowest BCUT2D eigenvalue weighted by Crippen LogP contribution is -2.14. The van der Waals surface area contributed by atoms with E-state index in [0.29, 0.717) is 22.5 Å². The van der Waals surface area contributed by atoms with Gasteiger partial charge in [0.05, 0.1) is 11.4 Å². The molecule has 2 aromatic rings. The second-order valence-electron chi connectivity index (χ2n) is 6.68. The van der Waals surface area contributed by atoms with Crippen molar-refractivity contribution < 1.29 is 9.18 Å². The van der Waals surface area contributed by atoms with Crippen molar-refractivity contribution in [1.29, 1.82) is 0 Å². The number of nitrogens with two attached hydrogens (primary N) is 1. The molecule has 0 heterocycles. The molecule has 0 atom stereocenters. The average molecular weight is 352 g/mol. The van der Waals surface area contributed by atoms with Gasteiger partial charge in [-0.05, 0) is 68.7 Å². The van der Waals surface area contributed by atoms with Gasteiger partial charge in [0, 0.05) is 5.56 Å². The summed E-state index contributed by atoms with van der Waals surface area (Å²) in [6.45, 7) is 6.91. The van der Waals surface area contributed by atoms with Crippen molar-refractivity contribution >= 4 is 22.9 Å². The monoisotopic (exact) mass is 352 g/mol. The summed E-state index contributed by atoms with van der Waals surface area (Å²) in [6.07, 6.45) is 5.90. The first-order valence-electron chi connectivity index (χ1n) is 8.52. The number of nitrogens with one attached hydrogen (secondary N) is 1. The largest absolute Gasteiger partial charge is 0.397 e. The standard InChI is InChI=1S/C22H25FN2O/c1-5-6-7-15(2)17-10-13-19(24)20(14-17)25-21(26)16-8-11-18(12-9-16)22(3,4)23/h5-14H,24H2,1-4H3,(H,25,26)/b6-5-,15-7+. The Morgan fingerprint density at radius 1 is 1.12 bits per heavy atom. The highest BCUT2D eigenvalue weighted by atomic mass is 19.1. The minimum Gasteiger partial charge on any atom is -0.397 e. The van der Waals surface area contributed by atoms with E-state index in [1.807, 2.05) is 44.2 Å². The first kappa shape index (κ1) is 19.4. The Morgan fingerprint density at radius 3 is 2.31 bits per heavy atom. The maximum atomic E-state index is 13.9. The predicted octanol–water partition coefficient (Wildman–Crippen LogP) is 5.71. The van der Waals surface area contributed by atoms with Crippen LogP contribution in [0.25, 0.3) is 5.57 Å². The van der Waals surface area contributed by atoms with E-state index in [0.717, 1.165) is 11.1 Å². The lowest BCUT2D eigenvalue weighted by atomic mass is 9.99. The number of hydrogen-bond acceptors (Lipinski definition) is 2. The zero-order chi connectivity index (χ0) is 19.3. The second kappa shape index (κ2) is 8.00. The van der Waals surface area contributed by atoms with E-state index >= 15 is 0 Å². The Labute approximate surface area is 154 Å². The maximum absolute atomic E-state index is 13.9. The maximum Gasteiger partial charge on any atom is 0.255 e. The highest BCUT2D eigenvalue weighted by molar-refractivity contribution is 6.06. The molecular formula is C22H25FN2O. The minimum atomic E-state index is -1.44. The van der Waals surface area contributed by atoms with Gasteiger partial charge < -0.3 is 11.1 Å². The Hall–Kier alpha value is -2.88. The molecule has 1 amide bonds. The molecule has 136 valence electrons. The van der Waals surface area contributed by atoms with Crippen LogP contribution in [0.1, 0.15) is 49.2 Å². The minimum absolute atomic E-state index is 0.285. The molecule has 0 radical (unpaired) electrons. The van der Waals surface area contributed by atoms with Crippen molar-refractivity contribution in [2.24, 2.45) is 0 Å². The lowest BCUT2D eigenvalue weighted by Gasteiger charge is -2.15.